The van der Waals surface area contributed by atoms with Crippen LogP contribution in [0.2, 0.25) is 0 Å². The molecule has 0 saturated carbocycles. The number of hydrogen-bond acceptors (Lipinski definition) is 5. The summed E-state index contributed by atoms with van der Waals surface area (Å²) < 4.78 is 0. The van der Waals surface area contributed by atoms with Gasteiger partial charge in [-0.3, -0.25) is 24.0 Å². The zero-order valence-electron chi connectivity index (χ0n) is 17.0. The molecule has 4 N–H and O–H groups in total. The average molecular weight is 438 g/mol. The summed E-state index contributed by atoms with van der Waals surface area (Å²) in [6.45, 7) is 0. The predicted octanol–water partition coefficient (Wildman–Crippen LogP) is 3.19. The van der Waals surface area contributed by atoms with Crippen molar-refractivity contribution in [3.63, 3.8) is 0 Å². The van der Waals surface area contributed by atoms with Crippen LogP contribution in [-0.2, 0) is 19.2 Å². The Kier molecular flexibility index (Phi) is 8.85. The number of hydrogen-bond donors (Lipinski definition) is 4. The van der Waals surface area contributed by atoms with E-state index in [9.17, 15) is 24.0 Å². The van der Waals surface area contributed by atoms with Crippen molar-refractivity contribution in [1.29, 1.82) is 0 Å². The molecule has 0 saturated heterocycles. The van der Waals surface area contributed by atoms with Crippen LogP contribution in [0.15, 0.2) is 54.6 Å². The summed E-state index contributed by atoms with van der Waals surface area (Å²) in [5.74, 6) is -3.33. The first-order valence-corrected chi connectivity index (χ1v) is 9.69. The Morgan fingerprint density at radius 3 is 1.81 bits per heavy atom. The van der Waals surface area contributed by atoms with E-state index in [1.54, 1.807) is 48.5 Å². The maximum atomic E-state index is 12.5. The number of carboxylic acid groups (broad SMARTS) is 2. The molecule has 2 aromatic rings. The summed E-state index contributed by atoms with van der Waals surface area (Å²) >= 11 is 0. The van der Waals surface area contributed by atoms with E-state index in [2.05, 4.69) is 10.6 Å². The highest BCUT2D eigenvalue weighted by atomic mass is 16.4. The van der Waals surface area contributed by atoms with Gasteiger partial charge in [-0.1, -0.05) is 30.3 Å². The molecule has 0 unspecified atom stereocenters. The summed E-state index contributed by atoms with van der Waals surface area (Å²) in [7, 11) is 0. The lowest BCUT2D eigenvalue weighted by molar-refractivity contribution is -0.138. The first-order valence-electron chi connectivity index (χ1n) is 9.69. The Bertz CT molecular complexity index is 1060. The zero-order valence-corrected chi connectivity index (χ0v) is 17.0. The fraction of sp³-hybridized carbons (Fsp3) is 0.174. The van der Waals surface area contributed by atoms with Gasteiger partial charge >= 0.3 is 11.9 Å². The molecule has 2 aromatic carbocycles. The van der Waals surface area contributed by atoms with Gasteiger partial charge in [0, 0.05) is 29.8 Å². The lowest BCUT2D eigenvalue weighted by atomic mass is 10.1. The number of aliphatic carboxylic acids is 2. The predicted molar refractivity (Wildman–Crippen MR) is 117 cm³/mol. The first kappa shape index (κ1) is 24.0. The van der Waals surface area contributed by atoms with Crippen molar-refractivity contribution < 1.29 is 34.2 Å². The molecule has 9 nitrogen and oxygen atoms in total. The molecule has 0 radical (unpaired) electrons. The molecule has 0 aliphatic rings. The number of rotatable bonds is 11. The minimum absolute atomic E-state index is 0.142. The minimum Gasteiger partial charge on any atom is -0.481 e. The van der Waals surface area contributed by atoms with Gasteiger partial charge in [0.2, 0.25) is 11.8 Å². The Balaban J connectivity index is 1.99. The quantitative estimate of drug-likeness (QED) is 0.311. The number of ketones is 1. The SMILES string of the molecule is O=C(O)CCC(=O)Nc1cccc(C=CC(=O)c2cccc(NC(=O)CCC(=O)O)c2)c1. The van der Waals surface area contributed by atoms with Gasteiger partial charge in [0.05, 0.1) is 12.8 Å². The van der Waals surface area contributed by atoms with E-state index in [0.717, 1.165) is 0 Å². The van der Waals surface area contributed by atoms with E-state index in [4.69, 9.17) is 10.2 Å². The van der Waals surface area contributed by atoms with Gasteiger partial charge in [-0.15, -0.1) is 0 Å². The molecule has 32 heavy (non-hydrogen) atoms. The second kappa shape index (κ2) is 11.8. The van der Waals surface area contributed by atoms with Crippen LogP contribution in [0.25, 0.3) is 6.08 Å². The number of carbonyl (C=O) groups is 5. The van der Waals surface area contributed by atoms with Gasteiger partial charge in [-0.05, 0) is 35.9 Å². The van der Waals surface area contributed by atoms with Crippen molar-refractivity contribution in [3.05, 3.63) is 65.7 Å². The van der Waals surface area contributed by atoms with Crippen LogP contribution in [0.4, 0.5) is 11.4 Å². The normalized spacial score (nSPS) is 10.5. The van der Waals surface area contributed by atoms with Crippen molar-refractivity contribution in [3.8, 4) is 0 Å². The van der Waals surface area contributed by atoms with Crippen molar-refractivity contribution in [2.45, 2.75) is 25.7 Å². The third kappa shape index (κ3) is 8.62. The summed E-state index contributed by atoms with van der Waals surface area (Å²) in [5.41, 5.74) is 1.83. The molecular weight excluding hydrogens is 416 g/mol. The molecule has 0 heterocycles. The standard InChI is InChI=1S/C23H22N2O7/c26-19(16-4-2-6-18(14-16)25-21(28)10-12-23(31)32)8-7-15-3-1-5-17(13-15)24-20(27)9-11-22(29)30/h1-8,13-14H,9-12H2,(H,24,27)(H,25,28)(H,29,30)(H,31,32). The number of anilines is 2. The lowest BCUT2D eigenvalue weighted by Gasteiger charge is -2.06. The lowest BCUT2D eigenvalue weighted by Crippen LogP contribution is -2.13. The van der Waals surface area contributed by atoms with Crippen LogP contribution < -0.4 is 10.6 Å². The topological polar surface area (TPSA) is 150 Å². The molecule has 0 aliphatic carbocycles. The maximum absolute atomic E-state index is 12.5. The van der Waals surface area contributed by atoms with Gasteiger partial charge in [0.25, 0.3) is 0 Å². The van der Waals surface area contributed by atoms with E-state index in [1.165, 1.54) is 12.1 Å². The molecule has 0 aromatic heterocycles. The van der Waals surface area contributed by atoms with Crippen LogP contribution in [0.1, 0.15) is 41.6 Å². The molecule has 0 bridgehead atoms. The molecule has 9 heteroatoms. The largest absolute Gasteiger partial charge is 0.481 e. The molecule has 2 amide bonds. The monoisotopic (exact) mass is 438 g/mol. The number of carbonyl (C=O) groups excluding carboxylic acids is 3. The van der Waals surface area contributed by atoms with Gasteiger partial charge in [-0.25, -0.2) is 0 Å². The molecule has 0 fully saturated rings. The van der Waals surface area contributed by atoms with Crippen LogP contribution in [0.3, 0.4) is 0 Å². The molecule has 2 rings (SSSR count). The van der Waals surface area contributed by atoms with Gasteiger partial charge in [0.1, 0.15) is 0 Å². The molecule has 0 aliphatic heterocycles. The van der Waals surface area contributed by atoms with Crippen molar-refractivity contribution in [2.24, 2.45) is 0 Å². The second-order valence-corrected chi connectivity index (χ2v) is 6.79. The molecule has 166 valence electrons. The highest BCUT2D eigenvalue weighted by Gasteiger charge is 2.09. The fourth-order valence-electron chi connectivity index (χ4n) is 2.63. The Hall–Kier alpha value is -4.27. The smallest absolute Gasteiger partial charge is 0.303 e. The fourth-order valence-corrected chi connectivity index (χ4v) is 2.63. The Labute approximate surface area is 183 Å². The number of carboxylic acids is 2. The highest BCUT2D eigenvalue weighted by Crippen LogP contribution is 2.15. The van der Waals surface area contributed by atoms with E-state index in [0.29, 0.717) is 22.5 Å². The van der Waals surface area contributed by atoms with Crippen molar-refractivity contribution in [2.75, 3.05) is 10.6 Å². The summed E-state index contributed by atoms with van der Waals surface area (Å²) in [6.07, 6.45) is 2.04. The second-order valence-electron chi connectivity index (χ2n) is 6.79. The molecule has 0 spiro atoms. The van der Waals surface area contributed by atoms with Crippen LogP contribution >= 0.6 is 0 Å². The third-order valence-electron chi connectivity index (χ3n) is 4.16. The van der Waals surface area contributed by atoms with E-state index in [-0.39, 0.29) is 31.5 Å². The minimum atomic E-state index is -1.07. The van der Waals surface area contributed by atoms with E-state index < -0.39 is 23.8 Å². The molecular formula is C23H22N2O7. The highest BCUT2D eigenvalue weighted by molar-refractivity contribution is 6.07. The van der Waals surface area contributed by atoms with E-state index in [1.807, 2.05) is 0 Å². The summed E-state index contributed by atoms with van der Waals surface area (Å²) in [4.78, 5) is 57.1. The first-order chi connectivity index (χ1) is 15.2. The maximum Gasteiger partial charge on any atom is 0.303 e. The van der Waals surface area contributed by atoms with Gasteiger partial charge in [-0.2, -0.15) is 0 Å². The summed E-state index contributed by atoms with van der Waals surface area (Å²) in [6, 6.07) is 13.0. The van der Waals surface area contributed by atoms with Gasteiger partial charge in [0.15, 0.2) is 5.78 Å². The zero-order chi connectivity index (χ0) is 23.5. The number of amides is 2. The molecule has 0 atom stereocenters. The van der Waals surface area contributed by atoms with Crippen LogP contribution in [-0.4, -0.2) is 39.7 Å². The van der Waals surface area contributed by atoms with E-state index >= 15 is 0 Å². The number of allylic oxidation sites excluding steroid dienone is 1. The Morgan fingerprint density at radius 2 is 1.25 bits per heavy atom. The number of nitrogens with one attached hydrogen (secondary N) is 2. The third-order valence-corrected chi connectivity index (χ3v) is 4.16. The van der Waals surface area contributed by atoms with Crippen molar-refractivity contribution >= 4 is 47.0 Å². The summed E-state index contributed by atoms with van der Waals surface area (Å²) in [5, 5.41) is 22.4. The Morgan fingerprint density at radius 1 is 0.719 bits per heavy atom. The number of benzene rings is 2. The van der Waals surface area contributed by atoms with Crippen molar-refractivity contribution in [1.82, 2.24) is 0 Å². The van der Waals surface area contributed by atoms with Crippen LogP contribution in [0, 0.1) is 0 Å². The van der Waals surface area contributed by atoms with Crippen LogP contribution in [0.5, 0.6) is 0 Å². The van der Waals surface area contributed by atoms with Gasteiger partial charge < -0.3 is 20.8 Å². The average Bonchev–Trinajstić information content (AvgIpc) is 2.75.